The molecule has 1 aromatic carbocycles. The number of carbonyl (C=O) groups excluding carboxylic acids is 2. The predicted octanol–water partition coefficient (Wildman–Crippen LogP) is 4.71. The molecule has 1 N–H and O–H groups in total. The van der Waals surface area contributed by atoms with Crippen molar-refractivity contribution in [1.82, 2.24) is 9.97 Å². The molecule has 6 nitrogen and oxygen atoms in total. The largest absolute Gasteiger partial charge is 0.310 e. The number of aromatic nitrogens is 2. The Labute approximate surface area is 180 Å². The predicted molar refractivity (Wildman–Crippen MR) is 117 cm³/mol. The number of thioether (sulfide) groups is 1. The number of rotatable bonds is 6. The molecule has 2 aromatic rings. The van der Waals surface area contributed by atoms with Crippen LogP contribution >= 0.6 is 23.4 Å². The lowest BCUT2D eigenvalue weighted by atomic mass is 9.95. The van der Waals surface area contributed by atoms with E-state index in [2.05, 4.69) is 22.2 Å². The monoisotopic (exact) mass is 432 g/mol. The molecular formula is C21H25ClN4O2S. The first kappa shape index (κ1) is 21.6. The summed E-state index contributed by atoms with van der Waals surface area (Å²) in [5, 5.41) is 4.12. The number of fused-ring (bicyclic) bond motifs is 1. The van der Waals surface area contributed by atoms with Crippen LogP contribution in [0.3, 0.4) is 0 Å². The van der Waals surface area contributed by atoms with Gasteiger partial charge in [0.05, 0.1) is 13.0 Å². The Kier molecular flexibility index (Phi) is 6.49. The lowest BCUT2D eigenvalue weighted by Crippen LogP contribution is -2.28. The third-order valence-corrected chi connectivity index (χ3v) is 5.76. The summed E-state index contributed by atoms with van der Waals surface area (Å²) in [6.07, 6.45) is 1.14. The van der Waals surface area contributed by atoms with E-state index in [-0.39, 0.29) is 18.2 Å². The van der Waals surface area contributed by atoms with Crippen LogP contribution in [-0.2, 0) is 22.6 Å². The second-order valence-corrected chi connectivity index (χ2v) is 9.49. The van der Waals surface area contributed by atoms with Crippen LogP contribution in [0.4, 0.5) is 11.6 Å². The van der Waals surface area contributed by atoms with Crippen molar-refractivity contribution in [1.29, 1.82) is 0 Å². The Bertz CT molecular complexity index is 926. The van der Waals surface area contributed by atoms with E-state index in [0.29, 0.717) is 33.9 Å². The molecule has 154 valence electrons. The van der Waals surface area contributed by atoms with E-state index in [0.717, 1.165) is 17.7 Å². The van der Waals surface area contributed by atoms with Crippen LogP contribution in [0.1, 0.15) is 45.2 Å². The highest BCUT2D eigenvalue weighted by molar-refractivity contribution is 7.99. The van der Waals surface area contributed by atoms with E-state index in [4.69, 9.17) is 11.6 Å². The highest BCUT2D eigenvalue weighted by Gasteiger charge is 2.34. The van der Waals surface area contributed by atoms with E-state index >= 15 is 0 Å². The zero-order valence-corrected chi connectivity index (χ0v) is 18.7. The van der Waals surface area contributed by atoms with Crippen molar-refractivity contribution in [2.24, 2.45) is 5.41 Å². The highest BCUT2D eigenvalue weighted by atomic mass is 35.5. The van der Waals surface area contributed by atoms with Crippen molar-refractivity contribution < 1.29 is 9.59 Å². The van der Waals surface area contributed by atoms with E-state index in [1.165, 1.54) is 11.8 Å². The third kappa shape index (κ3) is 5.08. The van der Waals surface area contributed by atoms with Crippen LogP contribution < -0.4 is 10.2 Å². The summed E-state index contributed by atoms with van der Waals surface area (Å²) >= 11 is 7.49. The van der Waals surface area contributed by atoms with Gasteiger partial charge in [0.1, 0.15) is 11.6 Å². The lowest BCUT2D eigenvalue weighted by Gasteiger charge is -2.20. The number of amides is 2. The molecule has 2 heterocycles. The van der Waals surface area contributed by atoms with E-state index < -0.39 is 5.41 Å². The molecule has 0 aliphatic carbocycles. The van der Waals surface area contributed by atoms with Crippen LogP contribution in [0.5, 0.6) is 0 Å². The molecule has 0 fully saturated rings. The lowest BCUT2D eigenvalue weighted by molar-refractivity contribution is -0.123. The number of nitrogens with one attached hydrogen (secondary N) is 1. The standard InChI is InChI=1S/C21H25ClN4O2S/c1-5-10-29-20-24-17(23-19(28)21(2,3)4)15-11-16(27)26(18(15)25-20)12-13-6-8-14(22)9-7-13/h6-9H,5,10-12H2,1-4H3,(H,23,24,25,28). The number of anilines is 2. The Hall–Kier alpha value is -2.12. The minimum Gasteiger partial charge on any atom is -0.310 e. The SMILES string of the molecule is CCCSc1nc(NC(=O)C(C)(C)C)c2c(n1)N(Cc1ccc(Cl)cc1)C(=O)C2. The van der Waals surface area contributed by atoms with Crippen LogP contribution in [-0.4, -0.2) is 27.5 Å². The van der Waals surface area contributed by atoms with Crippen LogP contribution in [0.2, 0.25) is 5.02 Å². The number of hydrogen-bond acceptors (Lipinski definition) is 5. The molecular weight excluding hydrogens is 408 g/mol. The minimum atomic E-state index is -0.569. The van der Waals surface area contributed by atoms with Gasteiger partial charge in [-0.2, -0.15) is 0 Å². The van der Waals surface area contributed by atoms with Gasteiger partial charge in [-0.15, -0.1) is 0 Å². The van der Waals surface area contributed by atoms with E-state index in [1.54, 1.807) is 17.0 Å². The van der Waals surface area contributed by atoms with Crippen molar-refractivity contribution in [3.05, 3.63) is 40.4 Å². The van der Waals surface area contributed by atoms with Gasteiger partial charge >= 0.3 is 0 Å². The molecule has 0 atom stereocenters. The Morgan fingerprint density at radius 1 is 1.24 bits per heavy atom. The molecule has 0 radical (unpaired) electrons. The van der Waals surface area contributed by atoms with Gasteiger partial charge in [-0.1, -0.05) is 63.2 Å². The van der Waals surface area contributed by atoms with E-state index in [1.807, 2.05) is 32.9 Å². The van der Waals surface area contributed by atoms with E-state index in [9.17, 15) is 9.59 Å². The molecule has 0 saturated carbocycles. The molecule has 1 aliphatic rings. The minimum absolute atomic E-state index is 0.0619. The second kappa shape index (κ2) is 8.71. The molecule has 1 aromatic heterocycles. The number of benzene rings is 1. The quantitative estimate of drug-likeness (QED) is 0.528. The molecule has 29 heavy (non-hydrogen) atoms. The van der Waals surface area contributed by atoms with Crippen molar-refractivity contribution in [2.45, 2.75) is 52.2 Å². The summed E-state index contributed by atoms with van der Waals surface area (Å²) < 4.78 is 0. The first-order valence-electron chi connectivity index (χ1n) is 9.59. The van der Waals surface area contributed by atoms with Crippen molar-refractivity contribution in [3.8, 4) is 0 Å². The van der Waals surface area contributed by atoms with Crippen molar-refractivity contribution in [2.75, 3.05) is 16.0 Å². The maximum atomic E-state index is 12.8. The average Bonchev–Trinajstić information content (AvgIpc) is 2.97. The van der Waals surface area contributed by atoms with Crippen molar-refractivity contribution in [3.63, 3.8) is 0 Å². The molecule has 3 rings (SSSR count). The summed E-state index contributed by atoms with van der Waals surface area (Å²) in [6, 6.07) is 7.39. The average molecular weight is 433 g/mol. The fourth-order valence-electron chi connectivity index (χ4n) is 2.79. The maximum Gasteiger partial charge on any atom is 0.233 e. The molecule has 0 bridgehead atoms. The summed E-state index contributed by atoms with van der Waals surface area (Å²) in [7, 11) is 0. The van der Waals surface area contributed by atoms with Gasteiger partial charge in [0, 0.05) is 21.8 Å². The number of carbonyl (C=O) groups is 2. The van der Waals surface area contributed by atoms with Gasteiger partial charge in [-0.05, 0) is 24.1 Å². The van der Waals surface area contributed by atoms with Gasteiger partial charge in [0.15, 0.2) is 5.16 Å². The van der Waals surface area contributed by atoms with Crippen LogP contribution in [0, 0.1) is 5.41 Å². The van der Waals surface area contributed by atoms with Gasteiger partial charge in [-0.25, -0.2) is 9.97 Å². The molecule has 8 heteroatoms. The maximum absolute atomic E-state index is 12.8. The first-order valence-corrected chi connectivity index (χ1v) is 11.0. The van der Waals surface area contributed by atoms with Gasteiger partial charge in [0.25, 0.3) is 0 Å². The smallest absolute Gasteiger partial charge is 0.233 e. The first-order chi connectivity index (χ1) is 13.7. The normalized spacial score (nSPS) is 13.6. The third-order valence-electron chi connectivity index (χ3n) is 4.45. The summed E-state index contributed by atoms with van der Waals surface area (Å²) in [4.78, 5) is 36.2. The second-order valence-electron chi connectivity index (χ2n) is 7.99. The van der Waals surface area contributed by atoms with Crippen molar-refractivity contribution >= 4 is 46.8 Å². The van der Waals surface area contributed by atoms with Gasteiger partial charge in [0.2, 0.25) is 11.8 Å². The van der Waals surface area contributed by atoms with Crippen LogP contribution in [0.15, 0.2) is 29.4 Å². The zero-order chi connectivity index (χ0) is 21.2. The Morgan fingerprint density at radius 2 is 1.93 bits per heavy atom. The topological polar surface area (TPSA) is 75.2 Å². The Balaban J connectivity index is 1.97. The summed E-state index contributed by atoms with van der Waals surface area (Å²) in [5.41, 5.74) is 1.06. The number of halogens is 1. The molecule has 2 amide bonds. The summed E-state index contributed by atoms with van der Waals surface area (Å²) in [6.45, 7) is 8.00. The molecule has 1 aliphatic heterocycles. The molecule has 0 saturated heterocycles. The van der Waals surface area contributed by atoms with Gasteiger partial charge in [-0.3, -0.25) is 14.5 Å². The van der Waals surface area contributed by atoms with Crippen LogP contribution in [0.25, 0.3) is 0 Å². The van der Waals surface area contributed by atoms with Gasteiger partial charge < -0.3 is 5.32 Å². The number of nitrogens with zero attached hydrogens (tertiary/aromatic N) is 3. The Morgan fingerprint density at radius 3 is 2.55 bits per heavy atom. The summed E-state index contributed by atoms with van der Waals surface area (Å²) in [5.74, 6) is 1.65. The molecule has 0 unspecified atom stereocenters. The number of hydrogen-bond donors (Lipinski definition) is 1. The zero-order valence-electron chi connectivity index (χ0n) is 17.1. The fraction of sp³-hybridized carbons (Fsp3) is 0.429. The molecule has 0 spiro atoms. The highest BCUT2D eigenvalue weighted by Crippen LogP contribution is 2.35. The fourth-order valence-corrected chi connectivity index (χ4v) is 3.61.